The summed E-state index contributed by atoms with van der Waals surface area (Å²) in [6.45, 7) is 8.94. The molecule has 174 valence electrons. The number of hydrazine groups is 1. The van der Waals surface area contributed by atoms with E-state index in [9.17, 15) is 14.4 Å². The minimum absolute atomic E-state index is 0.121. The van der Waals surface area contributed by atoms with E-state index in [1.165, 1.54) is 19.1 Å². The average Bonchev–Trinajstić information content (AvgIpc) is 2.69. The topological polar surface area (TPSA) is 163 Å². The molecular formula is C19H30ClN5O6. The molecule has 0 unspecified atom stereocenters. The van der Waals surface area contributed by atoms with Crippen LogP contribution in [-0.2, 0) is 14.4 Å². The molecule has 0 saturated heterocycles. The molecule has 0 aromatic heterocycles. The molecule has 0 heterocycles. The van der Waals surface area contributed by atoms with Gasteiger partial charge >= 0.3 is 0 Å². The fourth-order valence-corrected chi connectivity index (χ4v) is 2.33. The molecule has 11 nitrogen and oxygen atoms in total. The Labute approximate surface area is 186 Å². The maximum absolute atomic E-state index is 12.5. The normalized spacial score (nSPS) is 9.87. The second-order valence-corrected chi connectivity index (χ2v) is 6.60. The van der Waals surface area contributed by atoms with Crippen molar-refractivity contribution in [1.29, 1.82) is 0 Å². The van der Waals surface area contributed by atoms with Crippen LogP contribution in [0, 0.1) is 0 Å². The van der Waals surface area contributed by atoms with Gasteiger partial charge in [-0.25, -0.2) is 0 Å². The minimum Gasteiger partial charge on any atom is -0.483 e. The van der Waals surface area contributed by atoms with E-state index in [2.05, 4.69) is 21.1 Å². The zero-order chi connectivity index (χ0) is 24.0. The van der Waals surface area contributed by atoms with Crippen LogP contribution in [0.25, 0.3) is 0 Å². The van der Waals surface area contributed by atoms with Gasteiger partial charge in [0.1, 0.15) is 5.75 Å². The number of benzene rings is 1. The van der Waals surface area contributed by atoms with Crippen molar-refractivity contribution in [1.82, 2.24) is 21.1 Å². The van der Waals surface area contributed by atoms with Crippen molar-refractivity contribution in [2.24, 2.45) is 0 Å². The van der Waals surface area contributed by atoms with Crippen molar-refractivity contribution < 1.29 is 29.0 Å². The lowest BCUT2D eigenvalue weighted by Gasteiger charge is -2.18. The summed E-state index contributed by atoms with van der Waals surface area (Å²) in [7, 11) is 0. The van der Waals surface area contributed by atoms with Gasteiger partial charge in [0.15, 0.2) is 6.61 Å². The first-order valence-electron chi connectivity index (χ1n) is 9.49. The summed E-state index contributed by atoms with van der Waals surface area (Å²) in [6.07, 6.45) is 0. The zero-order valence-corrected chi connectivity index (χ0v) is 18.8. The number of carboxylic acid groups (broad SMARTS) is 1. The number of carbonyl (C=O) groups is 4. The molecule has 0 aliphatic carbocycles. The SMILES string of the molecule is CC(=O)O.CCN(CC)CCNC(=O)c1cc(Cl)c(N)cc1OCC(=O)NNC(C)=O. The third kappa shape index (κ3) is 12.3. The number of likely N-dealkylation sites (N-methyl/N-ethyl adjacent to an activating group) is 1. The van der Waals surface area contributed by atoms with Gasteiger partial charge in [0.05, 0.1) is 16.3 Å². The minimum atomic E-state index is -0.833. The zero-order valence-electron chi connectivity index (χ0n) is 18.1. The Kier molecular flexibility index (Phi) is 13.4. The van der Waals surface area contributed by atoms with Crippen LogP contribution >= 0.6 is 11.6 Å². The third-order valence-electron chi connectivity index (χ3n) is 3.69. The van der Waals surface area contributed by atoms with Crippen molar-refractivity contribution >= 4 is 41.0 Å². The maximum Gasteiger partial charge on any atom is 0.300 e. The molecule has 0 radical (unpaired) electrons. The molecule has 0 fully saturated rings. The van der Waals surface area contributed by atoms with E-state index < -0.39 is 24.4 Å². The summed E-state index contributed by atoms with van der Waals surface area (Å²) in [5.41, 5.74) is 10.4. The predicted octanol–water partition coefficient (Wildman–Crippen LogP) is 0.631. The smallest absolute Gasteiger partial charge is 0.300 e. The second-order valence-electron chi connectivity index (χ2n) is 6.19. The molecule has 12 heteroatoms. The highest BCUT2D eigenvalue weighted by Gasteiger charge is 2.17. The standard InChI is InChI=1S/C17H26ClN5O4.C2H4O2/c1-4-23(5-2)7-6-20-17(26)12-8-13(18)14(19)9-15(12)27-10-16(25)22-21-11(3)24;1-2(3)4/h8-9H,4-7,10,19H2,1-3H3,(H,20,26)(H,21,24)(H,22,25);1H3,(H,3,4). The van der Waals surface area contributed by atoms with Gasteiger partial charge in [-0.1, -0.05) is 25.4 Å². The quantitative estimate of drug-likeness (QED) is 0.265. The Hall–Kier alpha value is -3.05. The number of rotatable bonds is 9. The van der Waals surface area contributed by atoms with Gasteiger partial charge in [-0.15, -0.1) is 0 Å². The number of carbonyl (C=O) groups excluding carboxylic acids is 3. The number of nitrogens with two attached hydrogens (primary N) is 1. The molecule has 1 rings (SSSR count). The molecule has 0 aliphatic rings. The predicted molar refractivity (Wildman–Crippen MR) is 117 cm³/mol. The molecule has 0 aliphatic heterocycles. The molecular weight excluding hydrogens is 430 g/mol. The van der Waals surface area contributed by atoms with Gasteiger partial charge in [0.2, 0.25) is 5.91 Å². The van der Waals surface area contributed by atoms with Gasteiger partial charge in [0.25, 0.3) is 17.8 Å². The van der Waals surface area contributed by atoms with E-state index in [-0.39, 0.29) is 27.9 Å². The highest BCUT2D eigenvalue weighted by molar-refractivity contribution is 6.33. The Bertz CT molecular complexity index is 766. The number of halogens is 1. The van der Waals surface area contributed by atoms with Crippen LogP contribution in [0.4, 0.5) is 5.69 Å². The number of carboxylic acids is 1. The van der Waals surface area contributed by atoms with Gasteiger partial charge < -0.3 is 25.8 Å². The van der Waals surface area contributed by atoms with Crippen molar-refractivity contribution in [3.8, 4) is 5.75 Å². The van der Waals surface area contributed by atoms with Gasteiger partial charge in [-0.05, 0) is 19.2 Å². The maximum atomic E-state index is 12.5. The van der Waals surface area contributed by atoms with Crippen LogP contribution in [0.5, 0.6) is 5.75 Å². The van der Waals surface area contributed by atoms with E-state index in [4.69, 9.17) is 32.0 Å². The van der Waals surface area contributed by atoms with Crippen LogP contribution < -0.4 is 26.6 Å². The molecule has 0 atom stereocenters. The van der Waals surface area contributed by atoms with Crippen LogP contribution in [-0.4, -0.2) is 66.5 Å². The highest BCUT2D eigenvalue weighted by atomic mass is 35.5. The van der Waals surface area contributed by atoms with E-state index in [0.717, 1.165) is 20.0 Å². The van der Waals surface area contributed by atoms with Crippen molar-refractivity contribution in [3.63, 3.8) is 0 Å². The Morgan fingerprint density at radius 3 is 2.23 bits per heavy atom. The first kappa shape index (κ1) is 27.9. The van der Waals surface area contributed by atoms with Crippen molar-refractivity contribution in [2.45, 2.75) is 27.7 Å². The first-order valence-corrected chi connectivity index (χ1v) is 9.86. The van der Waals surface area contributed by atoms with E-state index >= 15 is 0 Å². The number of amides is 3. The lowest BCUT2D eigenvalue weighted by molar-refractivity contribution is -0.134. The van der Waals surface area contributed by atoms with E-state index in [0.29, 0.717) is 13.1 Å². The summed E-state index contributed by atoms with van der Waals surface area (Å²) in [6, 6.07) is 2.78. The first-order chi connectivity index (χ1) is 14.5. The Morgan fingerprint density at radius 1 is 1.13 bits per heavy atom. The third-order valence-corrected chi connectivity index (χ3v) is 4.02. The molecule has 1 aromatic carbocycles. The summed E-state index contributed by atoms with van der Waals surface area (Å²) in [5.74, 6) is -2.12. The summed E-state index contributed by atoms with van der Waals surface area (Å²) in [4.78, 5) is 46.1. The van der Waals surface area contributed by atoms with Gasteiger partial charge in [-0.2, -0.15) is 0 Å². The van der Waals surface area contributed by atoms with E-state index in [1.807, 2.05) is 13.8 Å². The van der Waals surface area contributed by atoms with Crippen LogP contribution in [0.2, 0.25) is 5.02 Å². The lowest BCUT2D eigenvalue weighted by atomic mass is 10.1. The molecule has 0 bridgehead atoms. The van der Waals surface area contributed by atoms with Crippen LogP contribution in [0.1, 0.15) is 38.1 Å². The molecule has 0 spiro atoms. The number of hydrogen-bond donors (Lipinski definition) is 5. The number of nitrogens with one attached hydrogen (secondary N) is 3. The van der Waals surface area contributed by atoms with Crippen molar-refractivity contribution in [3.05, 3.63) is 22.7 Å². The number of nitrogens with zero attached hydrogens (tertiary/aromatic N) is 1. The molecule has 31 heavy (non-hydrogen) atoms. The summed E-state index contributed by atoms with van der Waals surface area (Å²) >= 11 is 6.01. The number of ether oxygens (including phenoxy) is 1. The Morgan fingerprint density at radius 2 is 1.71 bits per heavy atom. The molecule has 0 saturated carbocycles. The van der Waals surface area contributed by atoms with Crippen molar-refractivity contribution in [2.75, 3.05) is 38.5 Å². The van der Waals surface area contributed by atoms with E-state index in [1.54, 1.807) is 0 Å². The lowest BCUT2D eigenvalue weighted by Crippen LogP contribution is -2.42. The Balaban J connectivity index is 0.00000206. The monoisotopic (exact) mass is 459 g/mol. The highest BCUT2D eigenvalue weighted by Crippen LogP contribution is 2.29. The van der Waals surface area contributed by atoms with Gasteiger partial charge in [0, 0.05) is 33.0 Å². The summed E-state index contributed by atoms with van der Waals surface area (Å²) < 4.78 is 5.38. The number of aliphatic carboxylic acids is 1. The fourth-order valence-electron chi connectivity index (χ4n) is 2.17. The average molecular weight is 460 g/mol. The number of anilines is 1. The molecule has 1 aromatic rings. The van der Waals surface area contributed by atoms with Crippen LogP contribution in [0.3, 0.4) is 0 Å². The van der Waals surface area contributed by atoms with Crippen LogP contribution in [0.15, 0.2) is 12.1 Å². The number of nitrogen functional groups attached to an aromatic ring is 1. The largest absolute Gasteiger partial charge is 0.483 e. The fraction of sp³-hybridized carbons (Fsp3) is 0.474. The molecule has 6 N–H and O–H groups in total. The second kappa shape index (κ2) is 14.9. The van der Waals surface area contributed by atoms with Gasteiger partial charge in [-0.3, -0.25) is 30.0 Å². The summed E-state index contributed by atoms with van der Waals surface area (Å²) in [5, 5.41) is 10.4. The number of hydrogen-bond acceptors (Lipinski definition) is 7. The molecule has 3 amide bonds.